The van der Waals surface area contributed by atoms with Crippen LogP contribution in [0, 0.1) is 0 Å². The number of hydrogen-bond acceptors (Lipinski definition) is 3. The van der Waals surface area contributed by atoms with Crippen molar-refractivity contribution in [2.24, 2.45) is 0 Å². The molecule has 4 nitrogen and oxygen atoms in total. The van der Waals surface area contributed by atoms with E-state index in [0.717, 1.165) is 29.9 Å². The zero-order valence-corrected chi connectivity index (χ0v) is 12.7. The van der Waals surface area contributed by atoms with Crippen molar-refractivity contribution >= 4 is 28.9 Å². The van der Waals surface area contributed by atoms with Crippen LogP contribution in [-0.2, 0) is 5.41 Å². The van der Waals surface area contributed by atoms with Crippen molar-refractivity contribution in [1.29, 1.82) is 0 Å². The second-order valence-corrected chi connectivity index (χ2v) is 7.10. The highest BCUT2D eigenvalue weighted by atomic mass is 32.1. The fourth-order valence-corrected chi connectivity index (χ4v) is 4.34. The Kier molecular flexibility index (Phi) is 2.87. The minimum Gasteiger partial charge on any atom is -0.477 e. The first kappa shape index (κ1) is 13.5. The van der Waals surface area contributed by atoms with Gasteiger partial charge in [-0.3, -0.25) is 4.79 Å². The summed E-state index contributed by atoms with van der Waals surface area (Å²) in [6.45, 7) is 0.714. The third-order valence-corrected chi connectivity index (χ3v) is 5.87. The number of anilines is 1. The summed E-state index contributed by atoms with van der Waals surface area (Å²) in [7, 11) is 0. The van der Waals surface area contributed by atoms with Crippen LogP contribution in [0.5, 0.6) is 0 Å². The topological polar surface area (TPSA) is 57.6 Å². The summed E-state index contributed by atoms with van der Waals surface area (Å²) in [4.78, 5) is 26.3. The second-order valence-electron chi connectivity index (χ2n) is 6.01. The molecule has 0 unspecified atom stereocenters. The number of amides is 1. The Morgan fingerprint density at radius 2 is 1.82 bits per heavy atom. The molecule has 1 saturated carbocycles. The fraction of sp³-hybridized carbons (Fsp3) is 0.294. The van der Waals surface area contributed by atoms with Crippen LogP contribution in [0.15, 0.2) is 36.4 Å². The number of para-hydroxylation sites is 1. The minimum atomic E-state index is -0.985. The lowest BCUT2D eigenvalue weighted by atomic mass is 9.66. The lowest BCUT2D eigenvalue weighted by molar-refractivity contribution is 0.0702. The van der Waals surface area contributed by atoms with Gasteiger partial charge in [-0.1, -0.05) is 24.6 Å². The van der Waals surface area contributed by atoms with Crippen molar-refractivity contribution < 1.29 is 14.7 Å². The Balaban J connectivity index is 1.71. The maximum atomic E-state index is 12.8. The zero-order chi connectivity index (χ0) is 15.3. The van der Waals surface area contributed by atoms with Crippen LogP contribution in [0.2, 0.25) is 0 Å². The van der Waals surface area contributed by atoms with E-state index in [0.29, 0.717) is 11.4 Å². The van der Waals surface area contributed by atoms with E-state index in [9.17, 15) is 9.59 Å². The van der Waals surface area contributed by atoms with Crippen molar-refractivity contribution in [1.82, 2.24) is 0 Å². The molecule has 5 heteroatoms. The molecule has 1 spiro atoms. The average Bonchev–Trinajstić information content (AvgIpc) is 3.09. The van der Waals surface area contributed by atoms with E-state index in [-0.39, 0.29) is 16.2 Å². The number of thiophene rings is 1. The summed E-state index contributed by atoms with van der Waals surface area (Å²) in [6, 6.07) is 11.2. The number of carboxylic acid groups (broad SMARTS) is 1. The summed E-state index contributed by atoms with van der Waals surface area (Å²) in [5.74, 6) is -1.07. The highest BCUT2D eigenvalue weighted by Gasteiger charge is 2.48. The van der Waals surface area contributed by atoms with Crippen LogP contribution in [0.1, 0.15) is 44.2 Å². The minimum absolute atomic E-state index is 0.0891. The van der Waals surface area contributed by atoms with Gasteiger partial charge in [0.1, 0.15) is 4.88 Å². The fourth-order valence-electron chi connectivity index (χ4n) is 3.54. The molecule has 1 aromatic heterocycles. The monoisotopic (exact) mass is 313 g/mol. The van der Waals surface area contributed by atoms with Crippen LogP contribution in [0.25, 0.3) is 0 Å². The lowest BCUT2D eigenvalue weighted by Crippen LogP contribution is -2.41. The first-order valence-corrected chi connectivity index (χ1v) is 8.17. The van der Waals surface area contributed by atoms with Crippen LogP contribution in [0.4, 0.5) is 5.69 Å². The molecule has 22 heavy (non-hydrogen) atoms. The number of fused-ring (bicyclic) bond motifs is 2. The summed E-state index contributed by atoms with van der Waals surface area (Å²) < 4.78 is 0. The van der Waals surface area contributed by atoms with Crippen molar-refractivity contribution in [3.05, 3.63) is 51.7 Å². The highest BCUT2D eigenvalue weighted by molar-refractivity contribution is 7.16. The third kappa shape index (κ3) is 1.82. The van der Waals surface area contributed by atoms with Gasteiger partial charge in [-0.05, 0) is 36.6 Å². The van der Waals surface area contributed by atoms with Crippen molar-refractivity contribution in [2.45, 2.75) is 24.7 Å². The van der Waals surface area contributed by atoms with Gasteiger partial charge in [-0.25, -0.2) is 4.79 Å². The summed E-state index contributed by atoms with van der Waals surface area (Å²) in [6.07, 6.45) is 3.45. The molecular weight excluding hydrogens is 298 g/mol. The summed E-state index contributed by atoms with van der Waals surface area (Å²) >= 11 is 1.05. The van der Waals surface area contributed by atoms with Gasteiger partial charge in [-0.2, -0.15) is 0 Å². The predicted octanol–water partition coefficient (Wildman–Crippen LogP) is 3.53. The maximum Gasteiger partial charge on any atom is 0.345 e. The number of aromatic carboxylic acids is 1. The van der Waals surface area contributed by atoms with E-state index in [2.05, 4.69) is 6.07 Å². The van der Waals surface area contributed by atoms with Crippen LogP contribution >= 0.6 is 11.3 Å². The van der Waals surface area contributed by atoms with Gasteiger partial charge in [0.2, 0.25) is 0 Å². The Labute approximate surface area is 132 Å². The Hall–Kier alpha value is -2.14. The number of rotatable bonds is 2. The summed E-state index contributed by atoms with van der Waals surface area (Å²) in [5.41, 5.74) is 2.38. The molecule has 2 aromatic rings. The van der Waals surface area contributed by atoms with E-state index < -0.39 is 5.97 Å². The Morgan fingerprint density at radius 3 is 2.45 bits per heavy atom. The number of nitrogens with zero attached hydrogens (tertiary/aromatic N) is 1. The molecule has 0 bridgehead atoms. The molecule has 2 heterocycles. The van der Waals surface area contributed by atoms with Crippen LogP contribution < -0.4 is 4.90 Å². The van der Waals surface area contributed by atoms with Crippen molar-refractivity contribution in [3.8, 4) is 0 Å². The quantitative estimate of drug-likeness (QED) is 0.922. The number of carbonyl (C=O) groups is 2. The zero-order valence-electron chi connectivity index (χ0n) is 11.9. The highest BCUT2D eigenvalue weighted by Crippen LogP contribution is 2.52. The van der Waals surface area contributed by atoms with E-state index in [1.165, 1.54) is 18.1 Å². The molecular formula is C17H15NO3S. The molecule has 1 fully saturated rings. The standard InChI is InChI=1S/C17H15NO3S/c19-15(13-6-7-14(22-13)16(20)21)18-10-17(8-3-9-17)11-4-1-2-5-12(11)18/h1-2,4-7H,3,8-10H2,(H,20,21). The molecule has 0 atom stereocenters. The molecule has 1 aromatic carbocycles. The van der Waals surface area contributed by atoms with Gasteiger partial charge in [0.05, 0.1) is 4.88 Å². The van der Waals surface area contributed by atoms with Gasteiger partial charge >= 0.3 is 5.97 Å². The molecule has 112 valence electrons. The SMILES string of the molecule is O=C(O)c1ccc(C(=O)N2CC3(CCC3)c3ccccc32)s1. The number of carbonyl (C=O) groups excluding carboxylic acids is 1. The molecule has 1 aliphatic carbocycles. The average molecular weight is 313 g/mol. The normalized spacial score (nSPS) is 18.1. The number of carboxylic acids is 1. The second kappa shape index (κ2) is 4.68. The Morgan fingerprint density at radius 1 is 1.09 bits per heavy atom. The molecule has 1 amide bonds. The third-order valence-electron chi connectivity index (χ3n) is 4.81. The van der Waals surface area contributed by atoms with Crippen molar-refractivity contribution in [2.75, 3.05) is 11.4 Å². The van der Waals surface area contributed by atoms with Gasteiger partial charge in [0, 0.05) is 17.6 Å². The molecule has 0 radical (unpaired) electrons. The molecule has 2 aliphatic rings. The smallest absolute Gasteiger partial charge is 0.345 e. The molecule has 0 saturated heterocycles. The first-order valence-electron chi connectivity index (χ1n) is 7.35. The lowest BCUT2D eigenvalue weighted by Gasteiger charge is -2.38. The van der Waals surface area contributed by atoms with Crippen LogP contribution in [0.3, 0.4) is 0 Å². The van der Waals surface area contributed by atoms with Gasteiger partial charge in [0.25, 0.3) is 5.91 Å². The molecule has 1 N–H and O–H groups in total. The Bertz CT molecular complexity index is 776. The predicted molar refractivity (Wildman–Crippen MR) is 84.9 cm³/mol. The first-order chi connectivity index (χ1) is 10.6. The van der Waals surface area contributed by atoms with Crippen molar-refractivity contribution in [3.63, 3.8) is 0 Å². The van der Waals surface area contributed by atoms with E-state index in [4.69, 9.17) is 5.11 Å². The molecule has 4 rings (SSSR count). The maximum absolute atomic E-state index is 12.8. The number of hydrogen-bond donors (Lipinski definition) is 1. The van der Waals surface area contributed by atoms with Gasteiger partial charge < -0.3 is 10.0 Å². The van der Waals surface area contributed by atoms with E-state index in [1.54, 1.807) is 6.07 Å². The molecule has 1 aliphatic heterocycles. The largest absolute Gasteiger partial charge is 0.477 e. The van der Waals surface area contributed by atoms with Gasteiger partial charge in [-0.15, -0.1) is 11.3 Å². The summed E-state index contributed by atoms with van der Waals surface area (Å²) in [5, 5.41) is 9.02. The number of benzene rings is 1. The van der Waals surface area contributed by atoms with E-state index in [1.807, 2.05) is 23.1 Å². The van der Waals surface area contributed by atoms with E-state index >= 15 is 0 Å². The van der Waals surface area contributed by atoms with Gasteiger partial charge in [0.15, 0.2) is 0 Å². The van der Waals surface area contributed by atoms with Crippen LogP contribution in [-0.4, -0.2) is 23.5 Å².